The van der Waals surface area contributed by atoms with Crippen molar-refractivity contribution in [2.45, 2.75) is 13.8 Å². The van der Waals surface area contributed by atoms with E-state index in [9.17, 15) is 0 Å². The molecule has 1 aromatic rings. The summed E-state index contributed by atoms with van der Waals surface area (Å²) in [6.07, 6.45) is 0. The largest absolute Gasteiger partial charge is 0.504 e. The minimum atomic E-state index is 0.130. The predicted octanol–water partition coefficient (Wildman–Crippen LogP) is 0.194. The average molecular weight is 125 g/mol. The molecule has 0 amide bonds. The van der Waals surface area contributed by atoms with Gasteiger partial charge < -0.3 is 5.11 Å². The van der Waals surface area contributed by atoms with Crippen LogP contribution in [0.4, 0.5) is 0 Å². The lowest BCUT2D eigenvalue weighted by molar-refractivity contribution is 0.453. The Bertz CT molecular complexity index is 203. The van der Waals surface area contributed by atoms with E-state index in [2.05, 4.69) is 15.4 Å². The molecular weight excluding hydrogens is 118 g/mol. The van der Waals surface area contributed by atoms with E-state index in [1.54, 1.807) is 13.8 Å². The third kappa shape index (κ3) is 0.960. The summed E-state index contributed by atoms with van der Waals surface area (Å²) < 4.78 is 0. The van der Waals surface area contributed by atoms with Crippen LogP contribution in [0, 0.1) is 13.8 Å². The molecule has 0 saturated heterocycles. The summed E-state index contributed by atoms with van der Waals surface area (Å²) >= 11 is 0. The number of aromatic hydroxyl groups is 1. The molecular formula is C5H7N3O. The zero-order chi connectivity index (χ0) is 6.85. The molecule has 0 bridgehead atoms. The van der Waals surface area contributed by atoms with E-state index in [-0.39, 0.29) is 5.75 Å². The maximum Gasteiger partial charge on any atom is 0.161 e. The van der Waals surface area contributed by atoms with Gasteiger partial charge in [-0.2, -0.15) is 0 Å². The molecule has 0 aliphatic heterocycles. The SMILES string of the molecule is Cc1nnnc(C)c1O. The normalized spacial score (nSPS) is 9.56. The van der Waals surface area contributed by atoms with Crippen LogP contribution in [0.15, 0.2) is 0 Å². The van der Waals surface area contributed by atoms with Gasteiger partial charge in [-0.3, -0.25) is 0 Å². The Hall–Kier alpha value is -1.19. The molecule has 1 aromatic heterocycles. The lowest BCUT2D eigenvalue weighted by Gasteiger charge is -1.95. The molecule has 1 N–H and O–H groups in total. The summed E-state index contributed by atoms with van der Waals surface area (Å²) in [5, 5.41) is 19.5. The lowest BCUT2D eigenvalue weighted by atomic mass is 10.3. The lowest BCUT2D eigenvalue weighted by Crippen LogP contribution is -1.93. The van der Waals surface area contributed by atoms with Crippen molar-refractivity contribution in [3.63, 3.8) is 0 Å². The van der Waals surface area contributed by atoms with Gasteiger partial charge in [0.15, 0.2) is 5.75 Å². The first-order chi connectivity index (χ1) is 4.22. The molecule has 4 nitrogen and oxygen atoms in total. The van der Waals surface area contributed by atoms with Gasteiger partial charge in [0.1, 0.15) is 11.4 Å². The molecule has 1 heterocycles. The Labute approximate surface area is 52.6 Å². The molecule has 0 aliphatic rings. The molecule has 0 saturated carbocycles. The Morgan fingerprint density at radius 1 is 1.11 bits per heavy atom. The number of hydrogen-bond donors (Lipinski definition) is 1. The molecule has 0 unspecified atom stereocenters. The second-order valence-electron chi connectivity index (χ2n) is 1.81. The van der Waals surface area contributed by atoms with E-state index in [0.29, 0.717) is 11.4 Å². The zero-order valence-corrected chi connectivity index (χ0v) is 5.29. The topological polar surface area (TPSA) is 58.9 Å². The fourth-order valence-corrected chi connectivity index (χ4v) is 0.513. The molecule has 4 heteroatoms. The second-order valence-corrected chi connectivity index (χ2v) is 1.81. The summed E-state index contributed by atoms with van der Waals surface area (Å²) in [5.74, 6) is 0.130. The average Bonchev–Trinajstić information content (AvgIpc) is 1.83. The second kappa shape index (κ2) is 1.97. The van der Waals surface area contributed by atoms with Crippen LogP contribution < -0.4 is 0 Å². The van der Waals surface area contributed by atoms with Crippen LogP contribution >= 0.6 is 0 Å². The highest BCUT2D eigenvalue weighted by atomic mass is 16.3. The van der Waals surface area contributed by atoms with Crippen molar-refractivity contribution < 1.29 is 5.11 Å². The molecule has 0 radical (unpaired) electrons. The number of rotatable bonds is 0. The summed E-state index contributed by atoms with van der Waals surface area (Å²) in [6, 6.07) is 0. The molecule has 0 atom stereocenters. The van der Waals surface area contributed by atoms with Gasteiger partial charge >= 0.3 is 0 Å². The number of aromatic nitrogens is 3. The van der Waals surface area contributed by atoms with Crippen LogP contribution in [0.3, 0.4) is 0 Å². The molecule has 48 valence electrons. The van der Waals surface area contributed by atoms with Crippen LogP contribution in [-0.4, -0.2) is 20.5 Å². The first-order valence-corrected chi connectivity index (χ1v) is 2.57. The van der Waals surface area contributed by atoms with Gasteiger partial charge in [-0.05, 0) is 19.1 Å². The van der Waals surface area contributed by atoms with Crippen molar-refractivity contribution in [2.75, 3.05) is 0 Å². The first-order valence-electron chi connectivity index (χ1n) is 2.57. The van der Waals surface area contributed by atoms with Crippen molar-refractivity contribution >= 4 is 0 Å². The van der Waals surface area contributed by atoms with Crippen LogP contribution in [0.1, 0.15) is 11.4 Å². The number of nitrogens with zero attached hydrogens (tertiary/aromatic N) is 3. The van der Waals surface area contributed by atoms with Gasteiger partial charge in [-0.1, -0.05) is 0 Å². The Morgan fingerprint density at radius 2 is 1.56 bits per heavy atom. The fraction of sp³-hybridized carbons (Fsp3) is 0.400. The van der Waals surface area contributed by atoms with Gasteiger partial charge in [0.2, 0.25) is 0 Å². The predicted molar refractivity (Wildman–Crippen MR) is 31.0 cm³/mol. The molecule has 0 aromatic carbocycles. The molecule has 9 heavy (non-hydrogen) atoms. The van der Waals surface area contributed by atoms with Crippen molar-refractivity contribution in [3.8, 4) is 5.75 Å². The van der Waals surface area contributed by atoms with Gasteiger partial charge in [0.05, 0.1) is 0 Å². The summed E-state index contributed by atoms with van der Waals surface area (Å²) in [6.45, 7) is 3.36. The highest BCUT2D eigenvalue weighted by Crippen LogP contribution is 2.13. The van der Waals surface area contributed by atoms with E-state index in [0.717, 1.165) is 0 Å². The zero-order valence-electron chi connectivity index (χ0n) is 5.29. The minimum Gasteiger partial charge on any atom is -0.504 e. The Balaban J connectivity index is 3.25. The quantitative estimate of drug-likeness (QED) is 0.537. The smallest absolute Gasteiger partial charge is 0.161 e. The van der Waals surface area contributed by atoms with Gasteiger partial charge in [-0.25, -0.2) is 0 Å². The van der Waals surface area contributed by atoms with E-state index in [4.69, 9.17) is 5.11 Å². The standard InChI is InChI=1S/C5H7N3O/c1-3-5(9)4(2)7-8-6-3/h1-2H3,(H,8,9). The van der Waals surface area contributed by atoms with Crippen molar-refractivity contribution in [1.82, 2.24) is 15.4 Å². The van der Waals surface area contributed by atoms with Crippen LogP contribution in [0.5, 0.6) is 5.75 Å². The maximum atomic E-state index is 9.04. The minimum absolute atomic E-state index is 0.130. The van der Waals surface area contributed by atoms with Crippen LogP contribution in [0.25, 0.3) is 0 Å². The van der Waals surface area contributed by atoms with Gasteiger partial charge in [0, 0.05) is 0 Å². The molecule has 0 aliphatic carbocycles. The summed E-state index contributed by atoms with van der Waals surface area (Å²) in [4.78, 5) is 0. The third-order valence-corrected chi connectivity index (χ3v) is 1.07. The van der Waals surface area contributed by atoms with Crippen molar-refractivity contribution in [3.05, 3.63) is 11.4 Å². The number of aryl methyl sites for hydroxylation is 2. The van der Waals surface area contributed by atoms with Crippen molar-refractivity contribution in [2.24, 2.45) is 0 Å². The first kappa shape index (κ1) is 5.94. The highest BCUT2D eigenvalue weighted by Gasteiger charge is 2.00. The van der Waals surface area contributed by atoms with E-state index < -0.39 is 0 Å². The van der Waals surface area contributed by atoms with Gasteiger partial charge in [0.25, 0.3) is 0 Å². The summed E-state index contributed by atoms with van der Waals surface area (Å²) in [7, 11) is 0. The van der Waals surface area contributed by atoms with E-state index in [1.807, 2.05) is 0 Å². The monoisotopic (exact) mass is 125 g/mol. The number of hydrogen-bond acceptors (Lipinski definition) is 4. The van der Waals surface area contributed by atoms with Crippen molar-refractivity contribution in [1.29, 1.82) is 0 Å². The molecule has 0 spiro atoms. The molecule has 1 rings (SSSR count). The molecule has 0 fully saturated rings. The van der Waals surface area contributed by atoms with E-state index >= 15 is 0 Å². The Kier molecular flexibility index (Phi) is 1.30. The maximum absolute atomic E-state index is 9.04. The Morgan fingerprint density at radius 3 is 1.89 bits per heavy atom. The third-order valence-electron chi connectivity index (χ3n) is 1.07. The van der Waals surface area contributed by atoms with Gasteiger partial charge in [-0.15, -0.1) is 10.2 Å². The van der Waals surface area contributed by atoms with Crippen LogP contribution in [-0.2, 0) is 0 Å². The summed E-state index contributed by atoms with van der Waals surface area (Å²) in [5.41, 5.74) is 1.03. The highest BCUT2D eigenvalue weighted by molar-refractivity contribution is 5.26. The fourth-order valence-electron chi connectivity index (χ4n) is 0.513. The van der Waals surface area contributed by atoms with E-state index in [1.165, 1.54) is 0 Å². The van der Waals surface area contributed by atoms with Crippen LogP contribution in [0.2, 0.25) is 0 Å².